The summed E-state index contributed by atoms with van der Waals surface area (Å²) >= 11 is 0. The van der Waals surface area contributed by atoms with Gasteiger partial charge in [-0.15, -0.1) is 13.2 Å². The van der Waals surface area contributed by atoms with Gasteiger partial charge in [-0.25, -0.2) is 4.90 Å². The summed E-state index contributed by atoms with van der Waals surface area (Å²) in [6.45, 7) is 2.13. The first-order valence-corrected chi connectivity index (χ1v) is 10.3. The largest absolute Gasteiger partial charge is 0.573 e. The Morgan fingerprint density at radius 3 is 2.15 bits per heavy atom. The predicted molar refractivity (Wildman–Crippen MR) is 120 cm³/mol. The SMILES string of the molecule is CCOc1ccccc1N1C(=O)C(Nc2ccc(OC(F)(F)F)cc2)=C(c2ccccc2)C1=O. The molecule has 0 radical (unpaired) electrons. The van der Waals surface area contributed by atoms with Crippen molar-refractivity contribution in [2.75, 3.05) is 16.8 Å². The number of rotatable bonds is 7. The monoisotopic (exact) mass is 468 g/mol. The molecule has 0 saturated heterocycles. The van der Waals surface area contributed by atoms with Gasteiger partial charge in [0.25, 0.3) is 11.8 Å². The van der Waals surface area contributed by atoms with Crippen molar-refractivity contribution >= 4 is 28.8 Å². The van der Waals surface area contributed by atoms with Crippen molar-refractivity contribution in [3.05, 3.63) is 90.1 Å². The second-order valence-electron chi connectivity index (χ2n) is 7.16. The van der Waals surface area contributed by atoms with E-state index >= 15 is 0 Å². The molecule has 174 valence electrons. The van der Waals surface area contributed by atoms with E-state index in [9.17, 15) is 22.8 Å². The van der Waals surface area contributed by atoms with Gasteiger partial charge >= 0.3 is 6.36 Å². The summed E-state index contributed by atoms with van der Waals surface area (Å²) in [6.07, 6.45) is -4.82. The minimum Gasteiger partial charge on any atom is -0.492 e. The van der Waals surface area contributed by atoms with E-state index in [1.165, 1.54) is 12.1 Å². The standard InChI is InChI=1S/C25H19F3N2O4/c1-2-33-20-11-7-6-10-19(20)30-23(31)21(16-8-4-3-5-9-16)22(24(30)32)29-17-12-14-18(15-13-17)34-25(26,27)28/h3-15,29H,2H2,1H3. The van der Waals surface area contributed by atoms with Crippen LogP contribution in [0.25, 0.3) is 5.57 Å². The number of carbonyl (C=O) groups is 2. The minimum atomic E-state index is -4.82. The molecule has 0 spiro atoms. The number of alkyl halides is 3. The second-order valence-corrected chi connectivity index (χ2v) is 7.16. The molecule has 0 aromatic heterocycles. The lowest BCUT2D eigenvalue weighted by atomic mass is 10.0. The van der Waals surface area contributed by atoms with Crippen molar-refractivity contribution in [1.82, 2.24) is 0 Å². The number of benzene rings is 3. The lowest BCUT2D eigenvalue weighted by Gasteiger charge is -2.19. The fraction of sp³-hybridized carbons (Fsp3) is 0.120. The Bertz CT molecular complexity index is 1240. The summed E-state index contributed by atoms with van der Waals surface area (Å²) in [6, 6.07) is 20.2. The number of imide groups is 1. The van der Waals surface area contributed by atoms with Crippen molar-refractivity contribution in [2.45, 2.75) is 13.3 Å². The minimum absolute atomic E-state index is 0.00742. The Morgan fingerprint density at radius 2 is 1.50 bits per heavy atom. The van der Waals surface area contributed by atoms with Crippen LogP contribution in [0.1, 0.15) is 12.5 Å². The molecule has 6 nitrogen and oxygen atoms in total. The maximum absolute atomic E-state index is 13.5. The third-order valence-electron chi connectivity index (χ3n) is 4.91. The molecule has 2 amide bonds. The highest BCUT2D eigenvalue weighted by atomic mass is 19.4. The molecule has 1 N–H and O–H groups in total. The molecule has 1 aliphatic rings. The van der Waals surface area contributed by atoms with Gasteiger partial charge < -0.3 is 14.8 Å². The zero-order valence-corrected chi connectivity index (χ0v) is 17.9. The topological polar surface area (TPSA) is 67.9 Å². The number of carbonyl (C=O) groups excluding carboxylic acids is 2. The summed E-state index contributed by atoms with van der Waals surface area (Å²) in [5.74, 6) is -1.21. The van der Waals surface area contributed by atoms with Crippen LogP contribution < -0.4 is 19.7 Å². The predicted octanol–water partition coefficient (Wildman–Crippen LogP) is 5.38. The number of hydrogen-bond acceptors (Lipinski definition) is 5. The molecule has 1 heterocycles. The molecule has 0 aliphatic carbocycles. The van der Waals surface area contributed by atoms with Gasteiger partial charge in [0.15, 0.2) is 0 Å². The number of ether oxygens (including phenoxy) is 2. The summed E-state index contributed by atoms with van der Waals surface area (Å²) in [4.78, 5) is 28.0. The van der Waals surface area contributed by atoms with Crippen molar-refractivity contribution in [3.8, 4) is 11.5 Å². The van der Waals surface area contributed by atoms with Gasteiger partial charge in [-0.3, -0.25) is 9.59 Å². The number of amides is 2. The van der Waals surface area contributed by atoms with Crippen LogP contribution in [0, 0.1) is 0 Å². The van der Waals surface area contributed by atoms with Crippen LogP contribution in [0.3, 0.4) is 0 Å². The summed E-state index contributed by atoms with van der Waals surface area (Å²) < 4.78 is 46.8. The smallest absolute Gasteiger partial charge is 0.492 e. The van der Waals surface area contributed by atoms with Crippen LogP contribution in [0.5, 0.6) is 11.5 Å². The normalized spacial score (nSPS) is 13.9. The van der Waals surface area contributed by atoms with Gasteiger partial charge in [0, 0.05) is 5.69 Å². The second kappa shape index (κ2) is 9.30. The number of hydrogen-bond donors (Lipinski definition) is 1. The Morgan fingerprint density at radius 1 is 0.853 bits per heavy atom. The zero-order valence-electron chi connectivity index (χ0n) is 17.9. The number of nitrogens with zero attached hydrogens (tertiary/aromatic N) is 1. The van der Waals surface area contributed by atoms with Gasteiger partial charge in [0.2, 0.25) is 0 Å². The van der Waals surface area contributed by atoms with E-state index in [4.69, 9.17) is 4.74 Å². The summed E-state index contributed by atoms with van der Waals surface area (Å²) in [7, 11) is 0. The first kappa shape index (κ1) is 22.9. The van der Waals surface area contributed by atoms with E-state index in [0.717, 1.165) is 17.0 Å². The lowest BCUT2D eigenvalue weighted by molar-refractivity contribution is -0.274. The van der Waals surface area contributed by atoms with Crippen molar-refractivity contribution in [1.29, 1.82) is 0 Å². The average Bonchev–Trinajstić information content (AvgIpc) is 3.04. The van der Waals surface area contributed by atoms with Crippen molar-refractivity contribution in [2.24, 2.45) is 0 Å². The van der Waals surface area contributed by atoms with Crippen LogP contribution in [-0.2, 0) is 9.59 Å². The Labute approximate surface area is 193 Å². The molecule has 0 atom stereocenters. The fourth-order valence-corrected chi connectivity index (χ4v) is 3.54. The van der Waals surface area contributed by atoms with Gasteiger partial charge in [0.05, 0.1) is 17.9 Å². The highest BCUT2D eigenvalue weighted by Gasteiger charge is 2.41. The maximum Gasteiger partial charge on any atom is 0.573 e. The maximum atomic E-state index is 13.5. The van der Waals surface area contributed by atoms with Gasteiger partial charge in [-0.05, 0) is 48.9 Å². The summed E-state index contributed by atoms with van der Waals surface area (Å²) in [5.41, 5.74) is 1.23. The molecule has 1 aliphatic heterocycles. The molecule has 3 aromatic carbocycles. The van der Waals surface area contributed by atoms with Crippen LogP contribution in [0.15, 0.2) is 84.6 Å². The van der Waals surface area contributed by atoms with E-state index in [1.54, 1.807) is 61.5 Å². The van der Waals surface area contributed by atoms with Crippen LogP contribution in [0.4, 0.5) is 24.5 Å². The molecule has 0 fully saturated rings. The molecular formula is C25H19F3N2O4. The van der Waals surface area contributed by atoms with Crippen LogP contribution >= 0.6 is 0 Å². The molecule has 34 heavy (non-hydrogen) atoms. The Hall–Kier alpha value is -4.27. The van der Waals surface area contributed by atoms with Crippen LogP contribution in [-0.4, -0.2) is 24.8 Å². The van der Waals surface area contributed by atoms with Gasteiger partial charge in [-0.1, -0.05) is 42.5 Å². The van der Waals surface area contributed by atoms with Crippen LogP contribution in [0.2, 0.25) is 0 Å². The van der Waals surface area contributed by atoms with E-state index in [0.29, 0.717) is 29.3 Å². The van der Waals surface area contributed by atoms with E-state index in [2.05, 4.69) is 10.1 Å². The quantitative estimate of drug-likeness (QED) is 0.472. The summed E-state index contributed by atoms with van der Waals surface area (Å²) in [5, 5.41) is 2.90. The van der Waals surface area contributed by atoms with E-state index < -0.39 is 23.9 Å². The highest BCUT2D eigenvalue weighted by molar-refractivity contribution is 6.46. The molecular weight excluding hydrogens is 449 g/mol. The number of para-hydroxylation sites is 2. The number of nitrogens with one attached hydrogen (secondary N) is 1. The van der Waals surface area contributed by atoms with Crippen molar-refractivity contribution in [3.63, 3.8) is 0 Å². The zero-order chi connectivity index (χ0) is 24.3. The third-order valence-corrected chi connectivity index (χ3v) is 4.91. The molecule has 3 aromatic rings. The molecule has 4 rings (SSSR count). The highest BCUT2D eigenvalue weighted by Crippen LogP contribution is 2.38. The van der Waals surface area contributed by atoms with E-state index in [1.807, 2.05) is 0 Å². The first-order valence-electron chi connectivity index (χ1n) is 10.3. The Kier molecular flexibility index (Phi) is 6.27. The first-order chi connectivity index (χ1) is 16.3. The molecule has 0 saturated carbocycles. The Balaban J connectivity index is 1.73. The van der Waals surface area contributed by atoms with E-state index in [-0.39, 0.29) is 11.3 Å². The third kappa shape index (κ3) is 4.73. The number of anilines is 2. The number of halogens is 3. The van der Waals surface area contributed by atoms with Gasteiger partial charge in [-0.2, -0.15) is 0 Å². The fourth-order valence-electron chi connectivity index (χ4n) is 3.54. The lowest BCUT2D eigenvalue weighted by Crippen LogP contribution is -2.32. The average molecular weight is 468 g/mol. The van der Waals surface area contributed by atoms with Gasteiger partial charge in [0.1, 0.15) is 17.2 Å². The molecule has 0 unspecified atom stereocenters. The van der Waals surface area contributed by atoms with Crippen molar-refractivity contribution < 1.29 is 32.2 Å². The molecule has 0 bridgehead atoms. The molecule has 9 heteroatoms.